The normalized spacial score (nSPS) is 36.4. The first kappa shape index (κ1) is 32.7. The van der Waals surface area contributed by atoms with Gasteiger partial charge in [-0.15, -0.1) is 0 Å². The maximum Gasteiger partial charge on any atom is 0.228 e. The van der Waals surface area contributed by atoms with Crippen LogP contribution in [0.15, 0.2) is 4.99 Å². The standard InChI is InChI=1S/C31H58FN7O2/c1-4-6-7-22-19-35-21-26(28(22)39-14-12-38(13-15-39)24-9-16-41-17-10-24)37-30(40)27(29(33)34)25-18-31(3,5-2)11-8-23(32)20-36-25/h20,22-29,35H,4-19,21,33-34H2,1-3H3,(H,37,40)/b36-20-/t22?,23?,25?,26?,27?,28?,31-/m1/s1. The number of hydrogen-bond donors (Lipinski definition) is 4. The van der Waals surface area contributed by atoms with Gasteiger partial charge in [0.1, 0.15) is 6.17 Å². The number of hydrogen-bond acceptors (Lipinski definition) is 8. The number of ether oxygens (including phenoxy) is 1. The average molecular weight is 580 g/mol. The van der Waals surface area contributed by atoms with Gasteiger partial charge < -0.3 is 26.8 Å². The van der Waals surface area contributed by atoms with Crippen molar-refractivity contribution in [2.45, 2.75) is 115 Å². The van der Waals surface area contributed by atoms with Gasteiger partial charge in [-0.05, 0) is 56.4 Å². The number of halogens is 1. The van der Waals surface area contributed by atoms with E-state index in [4.69, 9.17) is 16.2 Å². The number of rotatable bonds is 10. The number of carbonyl (C=O) groups is 1. The van der Waals surface area contributed by atoms with E-state index in [2.05, 4.69) is 46.2 Å². The van der Waals surface area contributed by atoms with Crippen molar-refractivity contribution in [3.05, 3.63) is 0 Å². The second-order valence-electron chi connectivity index (χ2n) is 13.5. The number of nitrogens with one attached hydrogen (secondary N) is 2. The van der Waals surface area contributed by atoms with E-state index in [0.29, 0.717) is 24.8 Å². The number of nitrogens with two attached hydrogens (primary N) is 2. The first-order chi connectivity index (χ1) is 19.7. The van der Waals surface area contributed by atoms with Crippen LogP contribution in [0.5, 0.6) is 0 Å². The summed E-state index contributed by atoms with van der Waals surface area (Å²) in [5.41, 5.74) is 12.5. The lowest BCUT2D eigenvalue weighted by molar-refractivity contribution is -0.128. The van der Waals surface area contributed by atoms with E-state index in [1.54, 1.807) is 0 Å². The highest BCUT2D eigenvalue weighted by Gasteiger charge is 2.43. The SMILES string of the molecule is CCCCC1CNCC(NC(=O)C(C(N)N)C2C[C@](C)(CC)CCC(F)/C=N\2)C1N1CCN(C2CCOCC2)CC1. The zero-order chi connectivity index (χ0) is 29.4. The molecule has 0 aromatic heterocycles. The summed E-state index contributed by atoms with van der Waals surface area (Å²) in [6.45, 7) is 14.1. The van der Waals surface area contributed by atoms with Crippen LogP contribution in [0.1, 0.15) is 78.6 Å². The predicted octanol–water partition coefficient (Wildman–Crippen LogP) is 2.28. The lowest BCUT2D eigenvalue weighted by Crippen LogP contribution is -2.67. The number of amides is 1. The van der Waals surface area contributed by atoms with E-state index in [1.165, 1.54) is 12.6 Å². The summed E-state index contributed by atoms with van der Waals surface area (Å²) < 4.78 is 20.1. The number of piperazine rings is 1. The summed E-state index contributed by atoms with van der Waals surface area (Å²) in [7, 11) is 0. The number of nitrogens with zero attached hydrogens (tertiary/aromatic N) is 3. The monoisotopic (exact) mass is 579 g/mol. The van der Waals surface area contributed by atoms with Crippen LogP contribution >= 0.6 is 0 Å². The Balaban J connectivity index is 1.49. The summed E-state index contributed by atoms with van der Waals surface area (Å²) in [5.74, 6) is -0.390. The van der Waals surface area contributed by atoms with E-state index in [1.807, 2.05) is 0 Å². The van der Waals surface area contributed by atoms with E-state index in [9.17, 15) is 9.18 Å². The van der Waals surface area contributed by atoms with E-state index in [-0.39, 0.29) is 23.4 Å². The zero-order valence-corrected chi connectivity index (χ0v) is 25.9. The number of aliphatic imine (C=N–C) groups is 1. The van der Waals surface area contributed by atoms with Gasteiger partial charge in [-0.2, -0.15) is 0 Å². The van der Waals surface area contributed by atoms with Crippen LogP contribution in [-0.4, -0.2) is 111 Å². The zero-order valence-electron chi connectivity index (χ0n) is 25.9. The molecule has 0 aromatic carbocycles. The van der Waals surface area contributed by atoms with Crippen molar-refractivity contribution in [3.63, 3.8) is 0 Å². The summed E-state index contributed by atoms with van der Waals surface area (Å²) in [4.78, 5) is 23.9. The third-order valence-corrected chi connectivity index (χ3v) is 10.6. The quantitative estimate of drug-likeness (QED) is 0.293. The van der Waals surface area contributed by atoms with Crippen LogP contribution < -0.4 is 22.1 Å². The second-order valence-corrected chi connectivity index (χ2v) is 13.5. The highest BCUT2D eigenvalue weighted by molar-refractivity contribution is 5.81. The van der Waals surface area contributed by atoms with Crippen LogP contribution in [0.2, 0.25) is 0 Å². The van der Waals surface area contributed by atoms with Crippen molar-refractivity contribution in [1.82, 2.24) is 20.4 Å². The molecule has 3 saturated heterocycles. The lowest BCUT2D eigenvalue weighted by Gasteiger charge is -2.50. The third-order valence-electron chi connectivity index (χ3n) is 10.6. The number of piperidine rings is 1. The molecule has 236 valence electrons. The fraction of sp³-hybridized carbons (Fsp3) is 0.935. The van der Waals surface area contributed by atoms with Crippen LogP contribution in [0.3, 0.4) is 0 Å². The van der Waals surface area contributed by atoms with Crippen LogP contribution in [0.4, 0.5) is 4.39 Å². The van der Waals surface area contributed by atoms with E-state index in [0.717, 1.165) is 91.0 Å². The number of unbranched alkanes of at least 4 members (excludes halogenated alkanes) is 1. The van der Waals surface area contributed by atoms with Gasteiger partial charge in [0, 0.05) is 64.2 Å². The van der Waals surface area contributed by atoms with Gasteiger partial charge in [0.05, 0.1) is 24.2 Å². The van der Waals surface area contributed by atoms with Gasteiger partial charge in [0.25, 0.3) is 0 Å². The van der Waals surface area contributed by atoms with Gasteiger partial charge in [-0.3, -0.25) is 19.6 Å². The summed E-state index contributed by atoms with van der Waals surface area (Å²) in [6, 6.07) is 0.403. The van der Waals surface area contributed by atoms with E-state index < -0.39 is 24.3 Å². The first-order valence-corrected chi connectivity index (χ1v) is 16.5. The van der Waals surface area contributed by atoms with Crippen molar-refractivity contribution >= 4 is 12.1 Å². The molecule has 0 spiro atoms. The van der Waals surface area contributed by atoms with Crippen molar-refractivity contribution in [2.75, 3.05) is 52.5 Å². The van der Waals surface area contributed by atoms with E-state index >= 15 is 0 Å². The van der Waals surface area contributed by atoms with Crippen LogP contribution in [0.25, 0.3) is 0 Å². The molecular weight excluding hydrogens is 521 g/mol. The molecule has 4 heterocycles. The average Bonchev–Trinajstić information content (AvgIpc) is 2.97. The molecule has 0 aliphatic carbocycles. The Morgan fingerprint density at radius 2 is 1.85 bits per heavy atom. The summed E-state index contributed by atoms with van der Waals surface area (Å²) in [6.07, 6.45) is 7.92. The van der Waals surface area contributed by atoms with Gasteiger partial charge in [-0.1, -0.05) is 40.0 Å². The molecule has 0 saturated carbocycles. The van der Waals surface area contributed by atoms with Gasteiger partial charge in [-0.25, -0.2) is 4.39 Å². The maximum absolute atomic E-state index is 14.5. The second kappa shape index (κ2) is 15.5. The Morgan fingerprint density at radius 3 is 2.51 bits per heavy atom. The Labute approximate surface area is 247 Å². The first-order valence-electron chi connectivity index (χ1n) is 16.5. The molecule has 0 radical (unpaired) electrons. The molecule has 4 aliphatic heterocycles. The molecule has 4 aliphatic rings. The molecule has 3 fully saturated rings. The minimum Gasteiger partial charge on any atom is -0.381 e. The topological polar surface area (TPSA) is 121 Å². The van der Waals surface area contributed by atoms with Gasteiger partial charge in [0.15, 0.2) is 0 Å². The maximum atomic E-state index is 14.5. The smallest absolute Gasteiger partial charge is 0.228 e. The lowest BCUT2D eigenvalue weighted by atomic mass is 9.73. The molecule has 4 rings (SSSR count). The molecular formula is C31H58FN7O2. The Kier molecular flexibility index (Phi) is 12.4. The molecule has 7 atom stereocenters. The van der Waals surface area contributed by atoms with Crippen molar-refractivity contribution in [3.8, 4) is 0 Å². The number of alkyl halides is 1. The predicted molar refractivity (Wildman–Crippen MR) is 164 cm³/mol. The fourth-order valence-corrected chi connectivity index (χ4v) is 7.72. The molecule has 6 N–H and O–H groups in total. The van der Waals surface area contributed by atoms with Crippen LogP contribution in [-0.2, 0) is 9.53 Å². The molecule has 0 aromatic rings. The number of carbonyl (C=O) groups excluding carboxylic acids is 1. The Bertz CT molecular complexity index is 833. The molecule has 6 unspecified atom stereocenters. The largest absolute Gasteiger partial charge is 0.381 e. The summed E-state index contributed by atoms with van der Waals surface area (Å²) in [5, 5.41) is 7.03. The van der Waals surface area contributed by atoms with Gasteiger partial charge in [0.2, 0.25) is 5.91 Å². The van der Waals surface area contributed by atoms with Gasteiger partial charge >= 0.3 is 0 Å². The Hall–Kier alpha value is -1.17. The molecule has 1 amide bonds. The van der Waals surface area contributed by atoms with Crippen LogP contribution in [0, 0.1) is 17.3 Å². The third kappa shape index (κ3) is 8.70. The fourth-order valence-electron chi connectivity index (χ4n) is 7.72. The van der Waals surface area contributed by atoms with Crippen molar-refractivity contribution < 1.29 is 13.9 Å². The van der Waals surface area contributed by atoms with Crippen molar-refractivity contribution in [2.24, 2.45) is 33.7 Å². The molecule has 0 bridgehead atoms. The van der Waals surface area contributed by atoms with Crippen molar-refractivity contribution in [1.29, 1.82) is 0 Å². The highest BCUT2D eigenvalue weighted by atomic mass is 19.1. The Morgan fingerprint density at radius 1 is 1.15 bits per heavy atom. The minimum atomic E-state index is -1.10. The minimum absolute atomic E-state index is 0.0435. The molecule has 9 nitrogen and oxygen atoms in total. The molecule has 10 heteroatoms. The highest BCUT2D eigenvalue weighted by Crippen LogP contribution is 2.38. The molecule has 41 heavy (non-hydrogen) atoms. The summed E-state index contributed by atoms with van der Waals surface area (Å²) >= 11 is 0.